The van der Waals surface area contributed by atoms with Gasteiger partial charge in [-0.05, 0) is 12.1 Å². The molecule has 2 rings (SSSR count). The molecule has 1 N–H and O–H groups in total. The lowest BCUT2D eigenvalue weighted by Crippen LogP contribution is -2.18. The molecular weight excluding hydrogens is 268 g/mol. The third-order valence-electron chi connectivity index (χ3n) is 2.29. The molecule has 1 unspecified atom stereocenters. The van der Waals surface area contributed by atoms with Crippen LogP contribution in [-0.2, 0) is 6.54 Å². The molecule has 100 valence electrons. The van der Waals surface area contributed by atoms with Crippen molar-refractivity contribution < 1.29 is 10.0 Å². The van der Waals surface area contributed by atoms with Crippen LogP contribution in [0.1, 0.15) is 0 Å². The lowest BCUT2D eigenvalue weighted by Gasteiger charge is -2.09. The van der Waals surface area contributed by atoms with E-state index in [1.54, 1.807) is 6.20 Å². The Kier molecular flexibility index (Phi) is 4.48. The van der Waals surface area contributed by atoms with Crippen molar-refractivity contribution in [1.29, 1.82) is 0 Å². The highest BCUT2D eigenvalue weighted by molar-refractivity contribution is 7.99. The van der Waals surface area contributed by atoms with Crippen LogP contribution in [0.2, 0.25) is 0 Å². The van der Waals surface area contributed by atoms with E-state index in [2.05, 4.69) is 10.1 Å². The van der Waals surface area contributed by atoms with Gasteiger partial charge in [-0.15, -0.1) is 11.8 Å². The van der Waals surface area contributed by atoms with Gasteiger partial charge in [0.25, 0.3) is 0 Å². The zero-order chi connectivity index (χ0) is 13.7. The molecule has 0 fully saturated rings. The third-order valence-corrected chi connectivity index (χ3v) is 3.38. The lowest BCUT2D eigenvalue weighted by molar-refractivity contribution is -0.385. The molecule has 0 bridgehead atoms. The smallest absolute Gasteiger partial charge is 0.306 e. The second kappa shape index (κ2) is 6.30. The molecule has 8 heteroatoms. The Labute approximate surface area is 113 Å². The van der Waals surface area contributed by atoms with Crippen LogP contribution in [0.15, 0.2) is 41.8 Å². The third kappa shape index (κ3) is 4.04. The minimum atomic E-state index is -0.647. The van der Waals surface area contributed by atoms with Crippen molar-refractivity contribution in [2.24, 2.45) is 0 Å². The second-order valence-corrected chi connectivity index (χ2v) is 4.85. The molecule has 0 aliphatic rings. The maximum Gasteiger partial charge on any atom is 0.306 e. The zero-order valence-corrected chi connectivity index (χ0v) is 10.7. The van der Waals surface area contributed by atoms with Crippen molar-refractivity contribution in [3.05, 3.63) is 46.9 Å². The van der Waals surface area contributed by atoms with Crippen LogP contribution in [0.25, 0.3) is 0 Å². The van der Waals surface area contributed by atoms with E-state index in [1.807, 2.05) is 18.2 Å². The molecule has 0 aliphatic carbocycles. The fraction of sp³-hybridized carbons (Fsp3) is 0.273. The van der Waals surface area contributed by atoms with Gasteiger partial charge in [0, 0.05) is 11.9 Å². The Morgan fingerprint density at radius 2 is 2.37 bits per heavy atom. The molecule has 2 heterocycles. The molecule has 0 saturated heterocycles. The molecule has 0 spiro atoms. The maximum absolute atomic E-state index is 10.5. The fourth-order valence-electron chi connectivity index (χ4n) is 1.43. The number of thioether (sulfide) groups is 1. The van der Waals surface area contributed by atoms with Gasteiger partial charge in [-0.3, -0.25) is 14.8 Å². The minimum Gasteiger partial charge on any atom is -0.390 e. The van der Waals surface area contributed by atoms with Gasteiger partial charge in [0.2, 0.25) is 0 Å². The Balaban J connectivity index is 1.83. The summed E-state index contributed by atoms with van der Waals surface area (Å²) in [6.07, 6.45) is 3.50. The maximum atomic E-state index is 10.5. The van der Waals surface area contributed by atoms with Crippen molar-refractivity contribution in [2.75, 3.05) is 5.75 Å². The molecule has 1 atom stereocenters. The van der Waals surface area contributed by atoms with E-state index in [1.165, 1.54) is 28.8 Å². The predicted octanol–water partition coefficient (Wildman–Crippen LogP) is 1.34. The van der Waals surface area contributed by atoms with Crippen LogP contribution in [0.3, 0.4) is 0 Å². The lowest BCUT2D eigenvalue weighted by atomic mass is 10.4. The number of nitro groups is 1. The number of rotatable bonds is 6. The van der Waals surface area contributed by atoms with E-state index >= 15 is 0 Å². The topological polar surface area (TPSA) is 94.1 Å². The van der Waals surface area contributed by atoms with Gasteiger partial charge in [-0.1, -0.05) is 6.07 Å². The van der Waals surface area contributed by atoms with Gasteiger partial charge in [0.1, 0.15) is 12.4 Å². The van der Waals surface area contributed by atoms with E-state index in [4.69, 9.17) is 0 Å². The van der Waals surface area contributed by atoms with Crippen LogP contribution in [0.5, 0.6) is 0 Å². The van der Waals surface area contributed by atoms with Gasteiger partial charge >= 0.3 is 5.69 Å². The molecule has 0 saturated carbocycles. The van der Waals surface area contributed by atoms with Crippen LogP contribution < -0.4 is 0 Å². The molecule has 7 nitrogen and oxygen atoms in total. The van der Waals surface area contributed by atoms with Gasteiger partial charge < -0.3 is 5.11 Å². The number of hydrogen-bond donors (Lipinski definition) is 1. The minimum absolute atomic E-state index is 0.0791. The summed E-state index contributed by atoms with van der Waals surface area (Å²) in [5, 5.41) is 25.0. The Morgan fingerprint density at radius 3 is 3.00 bits per heavy atom. The van der Waals surface area contributed by atoms with E-state index < -0.39 is 11.0 Å². The first kappa shape index (κ1) is 13.5. The molecule has 0 aliphatic heterocycles. The molecule has 19 heavy (non-hydrogen) atoms. The highest BCUT2D eigenvalue weighted by Gasteiger charge is 2.12. The van der Waals surface area contributed by atoms with E-state index in [9.17, 15) is 15.2 Å². The zero-order valence-electron chi connectivity index (χ0n) is 9.92. The van der Waals surface area contributed by atoms with Crippen LogP contribution >= 0.6 is 11.8 Å². The van der Waals surface area contributed by atoms with Crippen molar-refractivity contribution >= 4 is 17.4 Å². The average molecular weight is 280 g/mol. The van der Waals surface area contributed by atoms with Gasteiger partial charge in [-0.2, -0.15) is 5.10 Å². The summed E-state index contributed by atoms with van der Waals surface area (Å²) >= 11 is 1.42. The average Bonchev–Trinajstić information content (AvgIpc) is 2.86. The molecule has 2 aromatic heterocycles. The number of nitrogens with zero attached hydrogens (tertiary/aromatic N) is 4. The van der Waals surface area contributed by atoms with Crippen LogP contribution in [-0.4, -0.2) is 36.7 Å². The number of aliphatic hydroxyl groups is 1. The van der Waals surface area contributed by atoms with Gasteiger partial charge in [-0.25, -0.2) is 4.98 Å². The number of hydrogen-bond acceptors (Lipinski definition) is 6. The number of aliphatic hydroxyl groups excluding tert-OH is 1. The molecule has 0 aromatic carbocycles. The number of pyridine rings is 1. The quantitative estimate of drug-likeness (QED) is 0.487. The monoisotopic (exact) mass is 280 g/mol. The van der Waals surface area contributed by atoms with Crippen molar-refractivity contribution in [3.63, 3.8) is 0 Å². The van der Waals surface area contributed by atoms with Crippen molar-refractivity contribution in [3.8, 4) is 0 Å². The summed E-state index contributed by atoms with van der Waals surface area (Å²) in [5.41, 5.74) is -0.0791. The predicted molar refractivity (Wildman–Crippen MR) is 69.8 cm³/mol. The van der Waals surface area contributed by atoms with Crippen LogP contribution in [0.4, 0.5) is 5.69 Å². The SMILES string of the molecule is O=[N+]([O-])c1cnn(CC(O)CSc2ccccn2)c1. The number of aromatic nitrogens is 3. The van der Waals surface area contributed by atoms with Gasteiger partial charge in [0.15, 0.2) is 0 Å². The van der Waals surface area contributed by atoms with E-state index in [0.717, 1.165) is 5.03 Å². The largest absolute Gasteiger partial charge is 0.390 e. The first-order chi connectivity index (χ1) is 9.15. The molecule has 0 amide bonds. The van der Waals surface area contributed by atoms with E-state index in [-0.39, 0.29) is 12.2 Å². The molecule has 2 aromatic rings. The summed E-state index contributed by atoms with van der Waals surface area (Å²) in [6, 6.07) is 5.55. The first-order valence-corrected chi connectivity index (χ1v) is 6.52. The summed E-state index contributed by atoms with van der Waals surface area (Å²) < 4.78 is 1.36. The highest BCUT2D eigenvalue weighted by atomic mass is 32.2. The Morgan fingerprint density at radius 1 is 1.53 bits per heavy atom. The fourth-order valence-corrected chi connectivity index (χ4v) is 2.21. The molecule has 0 radical (unpaired) electrons. The van der Waals surface area contributed by atoms with E-state index in [0.29, 0.717) is 5.75 Å². The van der Waals surface area contributed by atoms with Crippen LogP contribution in [0, 0.1) is 10.1 Å². The summed E-state index contributed by atoms with van der Waals surface area (Å²) in [6.45, 7) is 0.216. The summed E-state index contributed by atoms with van der Waals surface area (Å²) in [7, 11) is 0. The standard InChI is InChI=1S/C11H12N4O3S/c16-10(8-19-11-3-1-2-4-12-11)7-14-6-9(5-13-14)15(17)18/h1-6,10,16H,7-8H2. The normalized spacial score (nSPS) is 12.3. The van der Waals surface area contributed by atoms with Crippen molar-refractivity contribution in [1.82, 2.24) is 14.8 Å². The Hall–Kier alpha value is -1.93. The second-order valence-electron chi connectivity index (χ2n) is 3.81. The van der Waals surface area contributed by atoms with Gasteiger partial charge in [0.05, 0.1) is 22.6 Å². The highest BCUT2D eigenvalue weighted by Crippen LogP contribution is 2.16. The Bertz CT molecular complexity index is 546. The summed E-state index contributed by atoms with van der Waals surface area (Å²) in [4.78, 5) is 14.1. The van der Waals surface area contributed by atoms with Crippen molar-refractivity contribution in [2.45, 2.75) is 17.7 Å². The summed E-state index contributed by atoms with van der Waals surface area (Å²) in [5.74, 6) is 0.449. The molecular formula is C11H12N4O3S. The first-order valence-electron chi connectivity index (χ1n) is 5.54.